The van der Waals surface area contributed by atoms with Gasteiger partial charge in [0.25, 0.3) is 0 Å². The molecule has 0 spiro atoms. The average Bonchev–Trinajstić information content (AvgIpc) is 2.65. The lowest BCUT2D eigenvalue weighted by molar-refractivity contribution is -0.116. The number of anilines is 1. The first-order chi connectivity index (χ1) is 13.9. The summed E-state index contributed by atoms with van der Waals surface area (Å²) in [5, 5.41) is 2.69. The third-order valence-corrected chi connectivity index (χ3v) is 4.93. The number of hydrogen-bond acceptors (Lipinski definition) is 3. The van der Waals surface area contributed by atoms with Gasteiger partial charge in [-0.1, -0.05) is 57.7 Å². The second-order valence-corrected chi connectivity index (χ2v) is 9.79. The standard InChI is InChI=1S/C23H27FN2O3S/c1-6-18-13-17(14-20(24)22(18)26-30(5,28)29)15-25-21(27)12-9-16-7-10-19(11-8-16)23(2,3)4/h6-14,26H,1,15H2,2-5H3,(H,25,27). The Morgan fingerprint density at radius 2 is 1.80 bits per heavy atom. The fraction of sp³-hybridized carbons (Fsp3) is 0.261. The van der Waals surface area contributed by atoms with E-state index in [1.165, 1.54) is 23.8 Å². The van der Waals surface area contributed by atoms with Crippen molar-refractivity contribution in [2.24, 2.45) is 0 Å². The van der Waals surface area contributed by atoms with Gasteiger partial charge < -0.3 is 5.32 Å². The Labute approximate surface area is 177 Å². The molecule has 160 valence electrons. The van der Waals surface area contributed by atoms with Crippen LogP contribution in [0.1, 0.15) is 43.0 Å². The van der Waals surface area contributed by atoms with Crippen molar-refractivity contribution >= 4 is 33.8 Å². The maximum atomic E-state index is 14.3. The highest BCUT2D eigenvalue weighted by Crippen LogP contribution is 2.24. The molecule has 1 amide bonds. The summed E-state index contributed by atoms with van der Waals surface area (Å²) in [6.45, 7) is 10.1. The van der Waals surface area contributed by atoms with Crippen molar-refractivity contribution in [1.29, 1.82) is 0 Å². The molecule has 0 unspecified atom stereocenters. The van der Waals surface area contributed by atoms with E-state index in [0.717, 1.165) is 11.8 Å². The molecule has 0 atom stereocenters. The zero-order valence-electron chi connectivity index (χ0n) is 17.6. The van der Waals surface area contributed by atoms with Gasteiger partial charge in [-0.15, -0.1) is 0 Å². The molecule has 0 heterocycles. The van der Waals surface area contributed by atoms with Gasteiger partial charge in [-0.25, -0.2) is 12.8 Å². The van der Waals surface area contributed by atoms with Crippen LogP contribution in [0, 0.1) is 5.82 Å². The summed E-state index contributed by atoms with van der Waals surface area (Å²) in [7, 11) is -3.63. The lowest BCUT2D eigenvalue weighted by Gasteiger charge is -2.18. The van der Waals surface area contributed by atoms with Crippen LogP contribution in [0.3, 0.4) is 0 Å². The first-order valence-corrected chi connectivity index (χ1v) is 11.3. The van der Waals surface area contributed by atoms with Crippen LogP contribution in [0.25, 0.3) is 12.2 Å². The van der Waals surface area contributed by atoms with Gasteiger partial charge in [0, 0.05) is 18.2 Å². The highest BCUT2D eigenvalue weighted by atomic mass is 32.2. The molecule has 0 aliphatic carbocycles. The number of halogens is 1. The van der Waals surface area contributed by atoms with Crippen molar-refractivity contribution in [2.45, 2.75) is 32.7 Å². The topological polar surface area (TPSA) is 75.3 Å². The van der Waals surface area contributed by atoms with Crippen molar-refractivity contribution < 1.29 is 17.6 Å². The molecule has 7 heteroatoms. The quantitative estimate of drug-likeness (QED) is 0.637. The zero-order chi connectivity index (χ0) is 22.5. The number of carbonyl (C=O) groups excluding carboxylic acids is 1. The Morgan fingerprint density at radius 3 is 2.33 bits per heavy atom. The third kappa shape index (κ3) is 6.84. The van der Waals surface area contributed by atoms with E-state index in [2.05, 4.69) is 37.4 Å². The minimum atomic E-state index is -3.63. The first-order valence-electron chi connectivity index (χ1n) is 9.38. The fourth-order valence-corrected chi connectivity index (χ4v) is 3.34. The van der Waals surface area contributed by atoms with Crippen LogP contribution in [0.4, 0.5) is 10.1 Å². The maximum Gasteiger partial charge on any atom is 0.244 e. The Bertz CT molecular complexity index is 1070. The summed E-state index contributed by atoms with van der Waals surface area (Å²) in [5.74, 6) is -1.06. The molecule has 5 nitrogen and oxygen atoms in total. The lowest BCUT2D eigenvalue weighted by Crippen LogP contribution is -2.20. The van der Waals surface area contributed by atoms with E-state index >= 15 is 0 Å². The van der Waals surface area contributed by atoms with E-state index in [1.54, 1.807) is 12.1 Å². The van der Waals surface area contributed by atoms with E-state index in [4.69, 9.17) is 0 Å². The fourth-order valence-electron chi connectivity index (χ4n) is 2.76. The van der Waals surface area contributed by atoms with E-state index in [0.29, 0.717) is 11.1 Å². The second kappa shape index (κ2) is 9.26. The number of hydrogen-bond donors (Lipinski definition) is 2. The van der Waals surface area contributed by atoms with E-state index in [1.807, 2.05) is 24.3 Å². The van der Waals surface area contributed by atoms with Gasteiger partial charge in [0.2, 0.25) is 15.9 Å². The number of rotatable bonds is 7. The molecule has 0 bridgehead atoms. The predicted molar refractivity (Wildman–Crippen MR) is 121 cm³/mol. The summed E-state index contributed by atoms with van der Waals surface area (Å²) < 4.78 is 39.3. The molecule has 2 rings (SSSR count). The predicted octanol–water partition coefficient (Wildman–Crippen LogP) is 4.47. The van der Waals surface area contributed by atoms with Crippen molar-refractivity contribution in [3.63, 3.8) is 0 Å². The van der Waals surface area contributed by atoms with Crippen molar-refractivity contribution in [3.8, 4) is 0 Å². The van der Waals surface area contributed by atoms with Gasteiger partial charge in [-0.05, 0) is 40.3 Å². The highest BCUT2D eigenvalue weighted by molar-refractivity contribution is 7.92. The number of nitrogens with one attached hydrogen (secondary N) is 2. The molecule has 2 N–H and O–H groups in total. The molecule has 0 aliphatic heterocycles. The van der Waals surface area contributed by atoms with E-state index < -0.39 is 15.8 Å². The Balaban J connectivity index is 2.04. The molecule has 30 heavy (non-hydrogen) atoms. The van der Waals surface area contributed by atoms with Crippen LogP contribution in [0.15, 0.2) is 49.1 Å². The summed E-state index contributed by atoms with van der Waals surface area (Å²) in [6.07, 6.45) is 5.41. The molecule has 2 aromatic carbocycles. The van der Waals surface area contributed by atoms with Crippen molar-refractivity contribution in [3.05, 3.63) is 77.1 Å². The largest absolute Gasteiger partial charge is 0.348 e. The van der Waals surface area contributed by atoms with Gasteiger partial charge in [0.1, 0.15) is 5.82 Å². The first kappa shape index (κ1) is 23.3. The smallest absolute Gasteiger partial charge is 0.244 e. The van der Waals surface area contributed by atoms with Gasteiger partial charge >= 0.3 is 0 Å². The van der Waals surface area contributed by atoms with Crippen LogP contribution >= 0.6 is 0 Å². The molecule has 0 aliphatic rings. The Morgan fingerprint density at radius 1 is 1.17 bits per heavy atom. The molecular formula is C23H27FN2O3S. The number of amides is 1. The monoisotopic (exact) mass is 430 g/mol. The van der Waals surface area contributed by atoms with Crippen LogP contribution in [-0.4, -0.2) is 20.6 Å². The van der Waals surface area contributed by atoms with E-state index in [-0.39, 0.29) is 23.6 Å². The molecule has 0 radical (unpaired) electrons. The normalized spacial score (nSPS) is 12.0. The summed E-state index contributed by atoms with van der Waals surface area (Å²) in [4.78, 5) is 12.1. The van der Waals surface area contributed by atoms with Crippen LogP contribution in [0.2, 0.25) is 0 Å². The zero-order valence-corrected chi connectivity index (χ0v) is 18.4. The maximum absolute atomic E-state index is 14.3. The molecule has 0 aromatic heterocycles. The van der Waals surface area contributed by atoms with Crippen molar-refractivity contribution in [1.82, 2.24) is 5.32 Å². The summed E-state index contributed by atoms with van der Waals surface area (Å²) in [5.41, 5.74) is 2.77. The van der Waals surface area contributed by atoms with Crippen LogP contribution in [0.5, 0.6) is 0 Å². The Kier molecular flexibility index (Phi) is 7.21. The van der Waals surface area contributed by atoms with E-state index in [9.17, 15) is 17.6 Å². The Hall–Kier alpha value is -2.93. The van der Waals surface area contributed by atoms with Gasteiger partial charge in [-0.2, -0.15) is 0 Å². The molecule has 0 fully saturated rings. The summed E-state index contributed by atoms with van der Waals surface area (Å²) in [6, 6.07) is 10.7. The average molecular weight is 431 g/mol. The SMILES string of the molecule is C=Cc1cc(CNC(=O)C=Cc2ccc(C(C)(C)C)cc2)cc(F)c1NS(C)(=O)=O. The molecule has 0 saturated heterocycles. The van der Waals surface area contributed by atoms with Gasteiger partial charge in [0.05, 0.1) is 11.9 Å². The summed E-state index contributed by atoms with van der Waals surface area (Å²) >= 11 is 0. The minimum absolute atomic E-state index is 0.0611. The number of sulfonamides is 1. The number of carbonyl (C=O) groups is 1. The van der Waals surface area contributed by atoms with Crippen LogP contribution in [-0.2, 0) is 26.8 Å². The molecule has 2 aromatic rings. The minimum Gasteiger partial charge on any atom is -0.348 e. The second-order valence-electron chi connectivity index (χ2n) is 8.04. The van der Waals surface area contributed by atoms with Crippen LogP contribution < -0.4 is 10.0 Å². The van der Waals surface area contributed by atoms with Gasteiger partial charge in [-0.3, -0.25) is 9.52 Å². The molecular weight excluding hydrogens is 403 g/mol. The highest BCUT2D eigenvalue weighted by Gasteiger charge is 2.14. The van der Waals surface area contributed by atoms with Crippen molar-refractivity contribution in [2.75, 3.05) is 11.0 Å². The lowest BCUT2D eigenvalue weighted by atomic mass is 9.87. The number of benzene rings is 2. The van der Waals surface area contributed by atoms with Gasteiger partial charge in [0.15, 0.2) is 0 Å². The third-order valence-electron chi connectivity index (χ3n) is 4.36. The molecule has 0 saturated carbocycles.